The maximum Gasteiger partial charge on any atom is 0.274 e. The zero-order valence-electron chi connectivity index (χ0n) is 17.5. The highest BCUT2D eigenvalue weighted by Crippen LogP contribution is 2.29. The van der Waals surface area contributed by atoms with Gasteiger partial charge >= 0.3 is 0 Å². The van der Waals surface area contributed by atoms with Crippen LogP contribution in [0, 0.1) is 12.7 Å². The Labute approximate surface area is 179 Å². The summed E-state index contributed by atoms with van der Waals surface area (Å²) in [5, 5.41) is 4.59. The van der Waals surface area contributed by atoms with Crippen molar-refractivity contribution in [3.05, 3.63) is 87.3 Å². The lowest BCUT2D eigenvalue weighted by Gasteiger charge is -2.30. The molecule has 0 radical (unpaired) electrons. The average molecular weight is 415 g/mol. The molecule has 31 heavy (non-hydrogen) atoms. The molecule has 4 aromatic rings. The summed E-state index contributed by atoms with van der Waals surface area (Å²) in [6.07, 6.45) is 4.81. The van der Waals surface area contributed by atoms with Crippen molar-refractivity contribution in [3.63, 3.8) is 0 Å². The SMILES string of the molecule is CCc1cc(-c2cnc3c(c2)CN(c2nn4c(=O)ccnc4cc2C)CC3)ccc1F. The number of aromatic nitrogens is 4. The molecule has 0 atom stereocenters. The highest BCUT2D eigenvalue weighted by molar-refractivity contribution is 5.65. The Morgan fingerprint density at radius 1 is 1.10 bits per heavy atom. The Bertz CT molecular complexity index is 1360. The van der Waals surface area contributed by atoms with Crippen LogP contribution in [0.1, 0.15) is 29.3 Å². The molecule has 0 saturated carbocycles. The van der Waals surface area contributed by atoms with Crippen LogP contribution >= 0.6 is 0 Å². The van der Waals surface area contributed by atoms with Crippen molar-refractivity contribution in [2.75, 3.05) is 11.4 Å². The summed E-state index contributed by atoms with van der Waals surface area (Å²) in [7, 11) is 0. The Morgan fingerprint density at radius 3 is 2.81 bits per heavy atom. The van der Waals surface area contributed by atoms with Crippen molar-refractivity contribution in [3.8, 4) is 11.1 Å². The molecule has 0 bridgehead atoms. The first-order chi connectivity index (χ1) is 15.0. The average Bonchev–Trinajstić information content (AvgIpc) is 2.78. The van der Waals surface area contributed by atoms with Crippen molar-refractivity contribution in [2.24, 2.45) is 0 Å². The molecule has 0 aliphatic carbocycles. The summed E-state index contributed by atoms with van der Waals surface area (Å²) in [5.74, 6) is 0.597. The molecular formula is C24H22FN5O. The van der Waals surface area contributed by atoms with Crippen LogP contribution in [0.5, 0.6) is 0 Å². The Kier molecular flexibility index (Phi) is 4.73. The second-order valence-corrected chi connectivity index (χ2v) is 7.87. The number of anilines is 1. The fourth-order valence-corrected chi connectivity index (χ4v) is 4.15. The minimum atomic E-state index is -0.198. The standard InChI is InChI=1S/C24H22FN5O/c1-3-16-11-17(4-5-20(16)25)18-12-19-14-29(9-7-21(19)27-13-18)24-15(2)10-22-26-8-6-23(31)30(22)28-24/h4-6,8,10-13H,3,7,9,14H2,1-2H3. The molecule has 0 spiro atoms. The summed E-state index contributed by atoms with van der Waals surface area (Å²) in [5.41, 5.74) is 6.13. The Hall–Kier alpha value is -3.61. The van der Waals surface area contributed by atoms with E-state index in [4.69, 9.17) is 0 Å². The number of halogens is 1. The van der Waals surface area contributed by atoms with Gasteiger partial charge in [-0.15, -0.1) is 5.10 Å². The first-order valence-corrected chi connectivity index (χ1v) is 10.4. The molecule has 0 amide bonds. The van der Waals surface area contributed by atoms with Gasteiger partial charge in [-0.3, -0.25) is 9.78 Å². The van der Waals surface area contributed by atoms with E-state index in [1.165, 1.54) is 22.8 Å². The van der Waals surface area contributed by atoms with E-state index in [9.17, 15) is 9.18 Å². The number of aryl methyl sites for hydroxylation is 2. The first-order valence-electron chi connectivity index (χ1n) is 10.4. The Morgan fingerprint density at radius 2 is 1.97 bits per heavy atom. The molecule has 1 aliphatic rings. The second kappa shape index (κ2) is 7.58. The smallest absolute Gasteiger partial charge is 0.274 e. The third-order valence-corrected chi connectivity index (χ3v) is 5.84. The summed E-state index contributed by atoms with van der Waals surface area (Å²) in [6, 6.07) is 10.6. The van der Waals surface area contributed by atoms with E-state index >= 15 is 0 Å². The van der Waals surface area contributed by atoms with Gasteiger partial charge in [0.1, 0.15) is 5.82 Å². The Balaban J connectivity index is 1.51. The lowest BCUT2D eigenvalue weighted by molar-refractivity contribution is 0.612. The van der Waals surface area contributed by atoms with Crippen LogP contribution in [0.15, 0.2) is 53.6 Å². The van der Waals surface area contributed by atoms with Gasteiger partial charge in [0, 0.05) is 49.2 Å². The van der Waals surface area contributed by atoms with Gasteiger partial charge in [-0.05, 0) is 59.9 Å². The summed E-state index contributed by atoms with van der Waals surface area (Å²) in [4.78, 5) is 23.3. The number of pyridine rings is 1. The zero-order chi connectivity index (χ0) is 21.5. The van der Waals surface area contributed by atoms with Gasteiger partial charge in [0.2, 0.25) is 0 Å². The molecule has 7 heteroatoms. The van der Waals surface area contributed by atoms with Crippen LogP contribution in [0.2, 0.25) is 0 Å². The zero-order valence-corrected chi connectivity index (χ0v) is 17.5. The van der Waals surface area contributed by atoms with E-state index in [1.807, 2.05) is 32.2 Å². The maximum atomic E-state index is 13.9. The number of benzene rings is 1. The molecule has 4 heterocycles. The van der Waals surface area contributed by atoms with Crippen LogP contribution in [0.25, 0.3) is 16.8 Å². The minimum absolute atomic E-state index is 0.175. The van der Waals surface area contributed by atoms with Crippen LogP contribution in [0.3, 0.4) is 0 Å². The largest absolute Gasteiger partial charge is 0.350 e. The van der Waals surface area contributed by atoms with E-state index < -0.39 is 0 Å². The number of hydrogen-bond acceptors (Lipinski definition) is 5. The maximum absolute atomic E-state index is 13.9. The fraction of sp³-hybridized carbons (Fsp3) is 0.250. The van der Waals surface area contributed by atoms with Gasteiger partial charge in [0.05, 0.1) is 0 Å². The van der Waals surface area contributed by atoms with Gasteiger partial charge in [-0.1, -0.05) is 13.0 Å². The van der Waals surface area contributed by atoms with Crippen molar-refractivity contribution in [1.29, 1.82) is 0 Å². The summed E-state index contributed by atoms with van der Waals surface area (Å²) >= 11 is 0. The van der Waals surface area contributed by atoms with Gasteiger partial charge in [-0.25, -0.2) is 9.37 Å². The third-order valence-electron chi connectivity index (χ3n) is 5.84. The molecule has 1 aromatic carbocycles. The molecule has 0 fully saturated rings. The number of nitrogens with zero attached hydrogens (tertiary/aromatic N) is 5. The molecule has 156 valence electrons. The van der Waals surface area contributed by atoms with E-state index in [2.05, 4.69) is 26.0 Å². The van der Waals surface area contributed by atoms with Crippen LogP contribution < -0.4 is 10.5 Å². The number of fused-ring (bicyclic) bond motifs is 2. The monoisotopic (exact) mass is 415 g/mol. The fourth-order valence-electron chi connectivity index (χ4n) is 4.15. The van der Waals surface area contributed by atoms with Crippen molar-refractivity contribution in [1.82, 2.24) is 19.6 Å². The minimum Gasteiger partial charge on any atom is -0.350 e. The third kappa shape index (κ3) is 3.46. The summed E-state index contributed by atoms with van der Waals surface area (Å²) < 4.78 is 15.3. The van der Waals surface area contributed by atoms with Crippen LogP contribution in [-0.2, 0) is 19.4 Å². The predicted octanol–water partition coefficient (Wildman–Crippen LogP) is 3.72. The molecule has 0 unspecified atom stereocenters. The van der Waals surface area contributed by atoms with Crippen molar-refractivity contribution < 1.29 is 4.39 Å². The van der Waals surface area contributed by atoms with E-state index in [1.54, 1.807) is 6.07 Å². The highest BCUT2D eigenvalue weighted by atomic mass is 19.1. The molecule has 1 aliphatic heterocycles. The van der Waals surface area contributed by atoms with Gasteiger partial charge < -0.3 is 4.90 Å². The van der Waals surface area contributed by atoms with Crippen LogP contribution in [-0.4, -0.2) is 26.1 Å². The summed E-state index contributed by atoms with van der Waals surface area (Å²) in [6.45, 7) is 5.35. The lowest BCUT2D eigenvalue weighted by Crippen LogP contribution is -2.33. The van der Waals surface area contributed by atoms with Gasteiger partial charge in [0.15, 0.2) is 11.5 Å². The molecular weight excluding hydrogens is 393 g/mol. The number of rotatable bonds is 3. The molecule has 0 saturated heterocycles. The van der Waals surface area contributed by atoms with Gasteiger partial charge in [-0.2, -0.15) is 4.52 Å². The molecule has 0 N–H and O–H groups in total. The van der Waals surface area contributed by atoms with Gasteiger partial charge in [0.25, 0.3) is 5.56 Å². The van der Waals surface area contributed by atoms with Crippen molar-refractivity contribution in [2.45, 2.75) is 33.2 Å². The first kappa shape index (κ1) is 19.4. The van der Waals surface area contributed by atoms with E-state index in [-0.39, 0.29) is 11.4 Å². The lowest BCUT2D eigenvalue weighted by atomic mass is 9.98. The van der Waals surface area contributed by atoms with Crippen molar-refractivity contribution >= 4 is 11.5 Å². The molecule has 5 rings (SSSR count). The topological polar surface area (TPSA) is 63.4 Å². The molecule has 6 nitrogen and oxygen atoms in total. The van der Waals surface area contributed by atoms with E-state index in [0.29, 0.717) is 24.2 Å². The predicted molar refractivity (Wildman–Crippen MR) is 118 cm³/mol. The van der Waals surface area contributed by atoms with Crippen LogP contribution in [0.4, 0.5) is 10.2 Å². The second-order valence-electron chi connectivity index (χ2n) is 7.87. The quantitative estimate of drug-likeness (QED) is 0.510. The van der Waals surface area contributed by atoms with E-state index in [0.717, 1.165) is 46.7 Å². The normalized spacial score (nSPS) is 13.5. The number of hydrogen-bond donors (Lipinski definition) is 0. The highest BCUT2D eigenvalue weighted by Gasteiger charge is 2.21. The molecule has 3 aromatic heterocycles.